The van der Waals surface area contributed by atoms with Gasteiger partial charge in [-0.25, -0.2) is 9.97 Å². The largest absolute Gasteiger partial charge is 0.355 e. The Morgan fingerprint density at radius 1 is 1.20 bits per heavy atom. The van der Waals surface area contributed by atoms with Crippen LogP contribution in [0.15, 0.2) is 40.6 Å². The van der Waals surface area contributed by atoms with E-state index in [9.17, 15) is 0 Å². The van der Waals surface area contributed by atoms with E-state index in [0.29, 0.717) is 17.9 Å². The fourth-order valence-electron chi connectivity index (χ4n) is 4.72. The molecule has 6 rings (SSSR count). The Hall–Kier alpha value is -2.71. The first-order valence-electron chi connectivity index (χ1n) is 10.4. The molecule has 3 N–H and O–H groups in total. The van der Waals surface area contributed by atoms with E-state index in [2.05, 4.69) is 33.7 Å². The van der Waals surface area contributed by atoms with Crippen molar-refractivity contribution in [2.24, 2.45) is 17.6 Å². The second kappa shape index (κ2) is 6.65. The predicted molar refractivity (Wildman–Crippen MR) is 119 cm³/mol. The van der Waals surface area contributed by atoms with Gasteiger partial charge in [-0.2, -0.15) is 0 Å². The number of hydrogen-bond acceptors (Lipinski definition) is 7. The number of H-pyrrole nitrogens is 1. The maximum Gasteiger partial charge on any atom is 0.196 e. The summed E-state index contributed by atoms with van der Waals surface area (Å²) >= 11 is 1.53. The Labute approximate surface area is 178 Å². The van der Waals surface area contributed by atoms with Crippen LogP contribution in [0.3, 0.4) is 0 Å². The van der Waals surface area contributed by atoms with Gasteiger partial charge in [0.2, 0.25) is 0 Å². The number of hydrogen-bond donors (Lipinski definition) is 2. The topological polar surface area (TPSA) is 96.6 Å². The zero-order valence-electron chi connectivity index (χ0n) is 17.0. The second-order valence-electron chi connectivity index (χ2n) is 8.26. The van der Waals surface area contributed by atoms with Gasteiger partial charge in [-0.05, 0) is 60.7 Å². The number of pyridine rings is 2. The minimum Gasteiger partial charge on any atom is -0.355 e. The summed E-state index contributed by atoms with van der Waals surface area (Å²) in [4.78, 5) is 25.7. The van der Waals surface area contributed by atoms with Crippen molar-refractivity contribution in [1.82, 2.24) is 24.9 Å². The number of nitrogens with zero attached hydrogens (tertiary/aromatic N) is 5. The van der Waals surface area contributed by atoms with Gasteiger partial charge < -0.3 is 15.6 Å². The molecular weight excluding hydrogens is 394 g/mol. The van der Waals surface area contributed by atoms with Gasteiger partial charge in [-0.1, -0.05) is 6.92 Å². The Morgan fingerprint density at radius 3 is 2.83 bits per heavy atom. The minimum absolute atomic E-state index is 0.363. The average molecular weight is 418 g/mol. The summed E-state index contributed by atoms with van der Waals surface area (Å²) in [6, 6.07) is 6.27. The van der Waals surface area contributed by atoms with Crippen LogP contribution < -0.4 is 10.6 Å². The molecule has 1 saturated carbocycles. The van der Waals surface area contributed by atoms with E-state index in [1.807, 2.05) is 24.4 Å². The molecule has 7 nitrogen and oxygen atoms in total. The molecule has 2 unspecified atom stereocenters. The van der Waals surface area contributed by atoms with Gasteiger partial charge in [0.1, 0.15) is 11.5 Å². The van der Waals surface area contributed by atoms with Gasteiger partial charge in [-0.15, -0.1) is 0 Å². The van der Waals surface area contributed by atoms with Crippen molar-refractivity contribution < 1.29 is 0 Å². The molecule has 2 aliphatic rings. The molecule has 1 aliphatic carbocycles. The minimum atomic E-state index is 0.363. The molecule has 30 heavy (non-hydrogen) atoms. The van der Waals surface area contributed by atoms with Gasteiger partial charge in [0.25, 0.3) is 0 Å². The molecule has 8 heteroatoms. The summed E-state index contributed by atoms with van der Waals surface area (Å²) in [6.07, 6.45) is 4.60. The summed E-state index contributed by atoms with van der Waals surface area (Å²) in [5.74, 6) is 2.24. The second-order valence-corrected chi connectivity index (χ2v) is 9.30. The van der Waals surface area contributed by atoms with Crippen LogP contribution in [0, 0.1) is 18.8 Å². The van der Waals surface area contributed by atoms with E-state index in [0.717, 1.165) is 57.4 Å². The Balaban J connectivity index is 1.42. The lowest BCUT2D eigenvalue weighted by Crippen LogP contribution is -2.29. The first kappa shape index (κ1) is 18.1. The number of nitrogens with two attached hydrogens (primary N) is 1. The highest BCUT2D eigenvalue weighted by molar-refractivity contribution is 7.99. The normalized spacial score (nSPS) is 22.8. The van der Waals surface area contributed by atoms with Gasteiger partial charge in [0.15, 0.2) is 5.16 Å². The molecule has 0 spiro atoms. The molecule has 5 heterocycles. The first-order valence-corrected chi connectivity index (χ1v) is 11.2. The smallest absolute Gasteiger partial charge is 0.196 e. The summed E-state index contributed by atoms with van der Waals surface area (Å²) in [7, 11) is 0. The molecule has 4 aromatic rings. The molecule has 4 aromatic heterocycles. The van der Waals surface area contributed by atoms with Crippen molar-refractivity contribution in [2.75, 3.05) is 18.0 Å². The third-order valence-electron chi connectivity index (χ3n) is 6.51. The first-order chi connectivity index (χ1) is 14.6. The highest BCUT2D eigenvalue weighted by atomic mass is 32.2. The summed E-state index contributed by atoms with van der Waals surface area (Å²) in [5.41, 5.74) is 11.3. The van der Waals surface area contributed by atoms with Crippen LogP contribution in [0.4, 0.5) is 5.82 Å². The average Bonchev–Trinajstić information content (AvgIpc) is 3.10. The summed E-state index contributed by atoms with van der Waals surface area (Å²) < 4.78 is 0. The fourth-order valence-corrected chi connectivity index (χ4v) is 5.48. The van der Waals surface area contributed by atoms with Gasteiger partial charge in [0, 0.05) is 42.1 Å². The molecule has 0 bridgehead atoms. The predicted octanol–water partition coefficient (Wildman–Crippen LogP) is 3.32. The SMILES string of the molecule is CCc1[nH]c2nc(Sc3cnc4cccnc4c3)nc(N3CC4C(N)C4C3)c2c1C. The Bertz CT molecular complexity index is 1270. The van der Waals surface area contributed by atoms with Crippen LogP contribution in [-0.2, 0) is 6.42 Å². The fraction of sp³-hybridized carbons (Fsp3) is 0.364. The van der Waals surface area contributed by atoms with Crippen LogP contribution in [-0.4, -0.2) is 44.1 Å². The van der Waals surface area contributed by atoms with Crippen molar-refractivity contribution >= 4 is 39.6 Å². The number of nitrogens with one attached hydrogen (secondary N) is 1. The molecule has 1 aliphatic heterocycles. The molecule has 152 valence electrons. The third-order valence-corrected chi connectivity index (χ3v) is 7.34. The molecule has 2 fully saturated rings. The van der Waals surface area contributed by atoms with E-state index in [-0.39, 0.29) is 0 Å². The molecule has 1 saturated heterocycles. The molecule has 2 atom stereocenters. The summed E-state index contributed by atoms with van der Waals surface area (Å²) in [6.45, 7) is 6.29. The van der Waals surface area contributed by atoms with Gasteiger partial charge in [0.05, 0.1) is 16.4 Å². The number of fused-ring (bicyclic) bond motifs is 3. The summed E-state index contributed by atoms with van der Waals surface area (Å²) in [5, 5.41) is 1.87. The van der Waals surface area contributed by atoms with Crippen LogP contribution in [0.5, 0.6) is 0 Å². The molecule has 0 amide bonds. The van der Waals surface area contributed by atoms with Crippen molar-refractivity contribution in [2.45, 2.75) is 36.4 Å². The van der Waals surface area contributed by atoms with Crippen LogP contribution in [0.1, 0.15) is 18.2 Å². The van der Waals surface area contributed by atoms with Crippen molar-refractivity contribution in [3.05, 3.63) is 41.9 Å². The molecule has 0 aromatic carbocycles. The van der Waals surface area contributed by atoms with Crippen LogP contribution in [0.25, 0.3) is 22.1 Å². The highest BCUT2D eigenvalue weighted by Crippen LogP contribution is 2.46. The number of aromatic nitrogens is 5. The number of piperidine rings is 1. The Kier molecular flexibility index (Phi) is 4.01. The van der Waals surface area contributed by atoms with Crippen molar-refractivity contribution in [3.8, 4) is 0 Å². The molecule has 0 radical (unpaired) electrons. The third kappa shape index (κ3) is 2.78. The number of rotatable bonds is 4. The van der Waals surface area contributed by atoms with E-state index in [1.54, 1.807) is 6.20 Å². The van der Waals surface area contributed by atoms with Crippen molar-refractivity contribution in [1.29, 1.82) is 0 Å². The maximum absolute atomic E-state index is 6.18. The zero-order chi connectivity index (χ0) is 20.4. The number of anilines is 1. The van der Waals surface area contributed by atoms with E-state index in [4.69, 9.17) is 15.7 Å². The number of aromatic amines is 1. The van der Waals surface area contributed by atoms with E-state index >= 15 is 0 Å². The zero-order valence-corrected chi connectivity index (χ0v) is 17.8. The van der Waals surface area contributed by atoms with E-state index in [1.165, 1.54) is 23.0 Å². The van der Waals surface area contributed by atoms with Crippen LogP contribution >= 0.6 is 11.8 Å². The van der Waals surface area contributed by atoms with E-state index < -0.39 is 0 Å². The lowest BCUT2D eigenvalue weighted by atomic mass is 10.1. The molecular formula is C22H23N7S. The number of aryl methyl sites for hydroxylation is 2. The lowest BCUT2D eigenvalue weighted by Gasteiger charge is -2.21. The standard InChI is InChI=1S/C22H23N7S/c1-3-15-11(2)18-20(26-15)27-22(28-21(18)29-9-13-14(10-29)19(13)23)30-12-7-17-16(25-8-12)5-4-6-24-17/h4-8,13-14,19H,3,9-10,23H2,1-2H3,(H,26,27,28). The quantitative estimate of drug-likeness (QED) is 0.492. The van der Waals surface area contributed by atoms with Gasteiger partial charge >= 0.3 is 0 Å². The van der Waals surface area contributed by atoms with Crippen LogP contribution in [0.2, 0.25) is 0 Å². The highest BCUT2D eigenvalue weighted by Gasteiger charge is 2.54. The maximum atomic E-state index is 6.18. The Morgan fingerprint density at radius 2 is 2.03 bits per heavy atom. The monoisotopic (exact) mass is 417 g/mol. The van der Waals surface area contributed by atoms with Gasteiger partial charge in [-0.3, -0.25) is 9.97 Å². The lowest BCUT2D eigenvalue weighted by molar-refractivity contribution is 0.732. The van der Waals surface area contributed by atoms with Crippen molar-refractivity contribution in [3.63, 3.8) is 0 Å².